The van der Waals surface area contributed by atoms with Crippen molar-refractivity contribution in [2.24, 2.45) is 0 Å². The van der Waals surface area contributed by atoms with Crippen molar-refractivity contribution in [3.05, 3.63) is 47.8 Å². The van der Waals surface area contributed by atoms with Gasteiger partial charge >= 0.3 is 0 Å². The third-order valence-electron chi connectivity index (χ3n) is 2.90. The Labute approximate surface area is 106 Å². The number of hydrogen-bond donors (Lipinski definition) is 0. The first-order valence-corrected chi connectivity index (χ1v) is 5.65. The number of hydrogen-bond acceptors (Lipinski definition) is 2. The maximum atomic E-state index is 14.1. The molecule has 0 radical (unpaired) electrons. The van der Waals surface area contributed by atoms with Crippen LogP contribution in [0.2, 0.25) is 0 Å². The number of methoxy groups -OCH3 is 2. The molecule has 18 heavy (non-hydrogen) atoms. The monoisotopic (exact) mass is 246 g/mol. The molecular formula is C15H15FO2. The molecule has 0 saturated heterocycles. The van der Waals surface area contributed by atoms with Gasteiger partial charge in [0.15, 0.2) is 0 Å². The summed E-state index contributed by atoms with van der Waals surface area (Å²) in [6.45, 7) is 1.87. The molecule has 0 spiro atoms. The fraction of sp³-hybridized carbons (Fsp3) is 0.200. The standard InChI is InChI=1S/C15H15FO2/c1-10-6-4-7-11(16)14(10)15-12(17-2)8-5-9-13(15)18-3/h4-9H,1-3H3. The molecular weight excluding hydrogens is 231 g/mol. The van der Waals surface area contributed by atoms with Crippen molar-refractivity contribution in [1.29, 1.82) is 0 Å². The highest BCUT2D eigenvalue weighted by Gasteiger charge is 2.17. The van der Waals surface area contributed by atoms with E-state index < -0.39 is 0 Å². The van der Waals surface area contributed by atoms with Gasteiger partial charge in [-0.05, 0) is 30.7 Å². The van der Waals surface area contributed by atoms with Crippen LogP contribution in [0, 0.1) is 12.7 Å². The van der Waals surface area contributed by atoms with Crippen molar-refractivity contribution in [2.75, 3.05) is 14.2 Å². The summed E-state index contributed by atoms with van der Waals surface area (Å²) in [7, 11) is 3.13. The van der Waals surface area contributed by atoms with Gasteiger partial charge in [0.05, 0.1) is 19.8 Å². The molecule has 2 aromatic carbocycles. The molecule has 0 bridgehead atoms. The molecule has 0 unspecified atom stereocenters. The first-order chi connectivity index (χ1) is 8.69. The third-order valence-corrected chi connectivity index (χ3v) is 2.90. The summed E-state index contributed by atoms with van der Waals surface area (Å²) in [6, 6.07) is 10.4. The maximum absolute atomic E-state index is 14.1. The molecule has 0 N–H and O–H groups in total. The summed E-state index contributed by atoms with van der Waals surface area (Å²) < 4.78 is 24.7. The lowest BCUT2D eigenvalue weighted by Gasteiger charge is -2.15. The van der Waals surface area contributed by atoms with E-state index in [0.717, 1.165) is 5.56 Å². The second kappa shape index (κ2) is 5.08. The minimum Gasteiger partial charge on any atom is -0.496 e. The van der Waals surface area contributed by atoms with E-state index in [1.54, 1.807) is 32.4 Å². The fourth-order valence-electron chi connectivity index (χ4n) is 2.05. The highest BCUT2D eigenvalue weighted by Crippen LogP contribution is 2.40. The van der Waals surface area contributed by atoms with Crippen molar-refractivity contribution < 1.29 is 13.9 Å². The second-order valence-electron chi connectivity index (χ2n) is 3.97. The number of aryl methyl sites for hydroxylation is 1. The molecule has 0 fully saturated rings. The van der Waals surface area contributed by atoms with Gasteiger partial charge in [0.1, 0.15) is 17.3 Å². The molecule has 0 aliphatic carbocycles. The summed E-state index contributed by atoms with van der Waals surface area (Å²) in [5.74, 6) is 0.919. The van der Waals surface area contributed by atoms with Crippen LogP contribution in [0.3, 0.4) is 0 Å². The van der Waals surface area contributed by atoms with Gasteiger partial charge < -0.3 is 9.47 Å². The van der Waals surface area contributed by atoms with Crippen LogP contribution in [0.5, 0.6) is 11.5 Å². The van der Waals surface area contributed by atoms with E-state index in [1.807, 2.05) is 19.1 Å². The van der Waals surface area contributed by atoms with Gasteiger partial charge in [-0.15, -0.1) is 0 Å². The quantitative estimate of drug-likeness (QED) is 0.819. The van der Waals surface area contributed by atoms with Crippen molar-refractivity contribution >= 4 is 0 Å². The molecule has 0 atom stereocenters. The molecule has 0 aromatic heterocycles. The summed E-state index contributed by atoms with van der Waals surface area (Å²) in [5, 5.41) is 0. The third kappa shape index (κ3) is 2.04. The number of ether oxygens (including phenoxy) is 2. The molecule has 0 heterocycles. The van der Waals surface area contributed by atoms with Crippen LogP contribution >= 0.6 is 0 Å². The minimum absolute atomic E-state index is 0.280. The number of rotatable bonds is 3. The SMILES string of the molecule is COc1cccc(OC)c1-c1c(C)cccc1F. The Morgan fingerprint density at radius 1 is 0.833 bits per heavy atom. The smallest absolute Gasteiger partial charge is 0.131 e. The summed E-state index contributed by atoms with van der Waals surface area (Å²) in [6.07, 6.45) is 0. The lowest BCUT2D eigenvalue weighted by Crippen LogP contribution is -1.96. The van der Waals surface area contributed by atoms with E-state index in [-0.39, 0.29) is 5.82 Å². The predicted molar refractivity (Wildman–Crippen MR) is 69.7 cm³/mol. The molecule has 3 heteroatoms. The Morgan fingerprint density at radius 3 is 1.89 bits per heavy atom. The average Bonchev–Trinajstić information content (AvgIpc) is 2.38. The lowest BCUT2D eigenvalue weighted by atomic mass is 9.98. The average molecular weight is 246 g/mol. The lowest BCUT2D eigenvalue weighted by molar-refractivity contribution is 0.397. The van der Waals surface area contributed by atoms with Gasteiger partial charge in [-0.3, -0.25) is 0 Å². The normalized spacial score (nSPS) is 10.2. The number of halogens is 1. The van der Waals surface area contributed by atoms with E-state index in [9.17, 15) is 4.39 Å². The Morgan fingerprint density at radius 2 is 1.39 bits per heavy atom. The van der Waals surface area contributed by atoms with Gasteiger partial charge in [0.25, 0.3) is 0 Å². The zero-order valence-electron chi connectivity index (χ0n) is 10.7. The zero-order valence-corrected chi connectivity index (χ0v) is 10.7. The highest BCUT2D eigenvalue weighted by atomic mass is 19.1. The molecule has 2 nitrogen and oxygen atoms in total. The van der Waals surface area contributed by atoms with Crippen molar-refractivity contribution in [1.82, 2.24) is 0 Å². The van der Waals surface area contributed by atoms with Crippen molar-refractivity contribution in [3.63, 3.8) is 0 Å². The molecule has 0 aliphatic rings. The van der Waals surface area contributed by atoms with Crippen LogP contribution in [0.15, 0.2) is 36.4 Å². The fourth-order valence-corrected chi connectivity index (χ4v) is 2.05. The first-order valence-electron chi connectivity index (χ1n) is 5.65. The Bertz CT molecular complexity index is 522. The molecule has 2 rings (SSSR count). The summed E-state index contributed by atoms with van der Waals surface area (Å²) >= 11 is 0. The van der Waals surface area contributed by atoms with Gasteiger partial charge in [-0.2, -0.15) is 0 Å². The van der Waals surface area contributed by atoms with E-state index in [2.05, 4.69) is 0 Å². The topological polar surface area (TPSA) is 18.5 Å². The van der Waals surface area contributed by atoms with Gasteiger partial charge in [0, 0.05) is 5.56 Å². The predicted octanol–water partition coefficient (Wildman–Crippen LogP) is 3.82. The van der Waals surface area contributed by atoms with Crippen LogP contribution in [-0.2, 0) is 0 Å². The van der Waals surface area contributed by atoms with Gasteiger partial charge in [-0.1, -0.05) is 18.2 Å². The van der Waals surface area contributed by atoms with Crippen molar-refractivity contribution in [2.45, 2.75) is 6.92 Å². The minimum atomic E-state index is -0.280. The van der Waals surface area contributed by atoms with Crippen LogP contribution in [-0.4, -0.2) is 14.2 Å². The first kappa shape index (κ1) is 12.4. The zero-order chi connectivity index (χ0) is 13.1. The molecule has 0 aliphatic heterocycles. The molecule has 0 amide bonds. The van der Waals surface area contributed by atoms with E-state index in [1.165, 1.54) is 6.07 Å². The van der Waals surface area contributed by atoms with E-state index in [4.69, 9.17) is 9.47 Å². The van der Waals surface area contributed by atoms with Crippen LogP contribution in [0.1, 0.15) is 5.56 Å². The Balaban J connectivity index is 2.77. The van der Waals surface area contributed by atoms with Crippen LogP contribution in [0.25, 0.3) is 11.1 Å². The Kier molecular flexibility index (Phi) is 3.51. The number of benzene rings is 2. The summed E-state index contributed by atoms with van der Waals surface area (Å²) in [5.41, 5.74) is 2.02. The highest BCUT2D eigenvalue weighted by molar-refractivity contribution is 5.79. The maximum Gasteiger partial charge on any atom is 0.131 e. The van der Waals surface area contributed by atoms with Gasteiger partial charge in [-0.25, -0.2) is 4.39 Å². The van der Waals surface area contributed by atoms with E-state index in [0.29, 0.717) is 22.6 Å². The van der Waals surface area contributed by atoms with E-state index >= 15 is 0 Å². The Hall–Kier alpha value is -2.03. The summed E-state index contributed by atoms with van der Waals surface area (Å²) in [4.78, 5) is 0. The molecule has 94 valence electrons. The largest absolute Gasteiger partial charge is 0.496 e. The van der Waals surface area contributed by atoms with Crippen LogP contribution < -0.4 is 9.47 Å². The van der Waals surface area contributed by atoms with Gasteiger partial charge in [0.2, 0.25) is 0 Å². The second-order valence-corrected chi connectivity index (χ2v) is 3.97. The van der Waals surface area contributed by atoms with Crippen molar-refractivity contribution in [3.8, 4) is 22.6 Å². The molecule has 0 saturated carbocycles. The molecule has 2 aromatic rings. The van der Waals surface area contributed by atoms with Crippen LogP contribution in [0.4, 0.5) is 4.39 Å².